The average molecular weight is 356 g/mol. The Morgan fingerprint density at radius 3 is 2.65 bits per heavy atom. The highest BCUT2D eigenvalue weighted by atomic mass is 79.9. The lowest BCUT2D eigenvalue weighted by atomic mass is 9.95. The van der Waals surface area contributed by atoms with Crippen LogP contribution in [0.1, 0.15) is 18.4 Å². The highest BCUT2D eigenvalue weighted by Crippen LogP contribution is 2.31. The third kappa shape index (κ3) is 3.12. The van der Waals surface area contributed by atoms with Crippen LogP contribution < -0.4 is 16.0 Å². The predicted octanol–water partition coefficient (Wildman–Crippen LogP) is 2.05. The zero-order chi connectivity index (χ0) is 14.7. The van der Waals surface area contributed by atoms with Crippen molar-refractivity contribution in [3.63, 3.8) is 0 Å². The van der Waals surface area contributed by atoms with E-state index in [4.69, 9.17) is 18.0 Å². The molecule has 0 aromatic heterocycles. The van der Waals surface area contributed by atoms with E-state index < -0.39 is 0 Å². The standard InChI is InChI=1S/C14H18BrN3OS/c1-17-14(19)9-5-7-18(8-6-9)11-4-2-3-10(15)12(11)13(16)20/h2-4,9H,5-8H2,1H3,(H2,16,20)(H,17,19). The van der Waals surface area contributed by atoms with Gasteiger partial charge < -0.3 is 16.0 Å². The van der Waals surface area contributed by atoms with E-state index in [1.54, 1.807) is 7.05 Å². The maximum Gasteiger partial charge on any atom is 0.222 e. The first-order valence-corrected chi connectivity index (χ1v) is 7.79. The number of nitrogens with zero attached hydrogens (tertiary/aromatic N) is 1. The van der Waals surface area contributed by atoms with Crippen molar-refractivity contribution in [3.8, 4) is 0 Å². The molecule has 1 aliphatic heterocycles. The molecule has 1 amide bonds. The molecule has 0 bridgehead atoms. The van der Waals surface area contributed by atoms with Crippen molar-refractivity contribution in [2.24, 2.45) is 11.7 Å². The summed E-state index contributed by atoms with van der Waals surface area (Å²) in [6.45, 7) is 1.67. The number of hydrogen-bond acceptors (Lipinski definition) is 3. The van der Waals surface area contributed by atoms with E-state index in [0.717, 1.165) is 41.7 Å². The first-order chi connectivity index (χ1) is 9.54. The quantitative estimate of drug-likeness (QED) is 0.814. The molecule has 0 aliphatic carbocycles. The molecule has 6 heteroatoms. The molecule has 108 valence electrons. The Hall–Kier alpha value is -1.14. The molecule has 1 saturated heterocycles. The Labute approximate surface area is 132 Å². The van der Waals surface area contributed by atoms with Crippen LogP contribution in [0.3, 0.4) is 0 Å². The molecule has 0 unspecified atom stereocenters. The van der Waals surface area contributed by atoms with Crippen LogP contribution in [-0.2, 0) is 4.79 Å². The normalized spacial score (nSPS) is 16.0. The second kappa shape index (κ2) is 6.54. The maximum absolute atomic E-state index is 11.7. The Morgan fingerprint density at radius 2 is 2.10 bits per heavy atom. The maximum atomic E-state index is 11.7. The van der Waals surface area contributed by atoms with E-state index in [0.29, 0.717) is 4.99 Å². The van der Waals surface area contributed by atoms with Crippen LogP contribution in [0.5, 0.6) is 0 Å². The first-order valence-electron chi connectivity index (χ1n) is 6.59. The molecular weight excluding hydrogens is 338 g/mol. The number of halogens is 1. The van der Waals surface area contributed by atoms with Gasteiger partial charge in [0.25, 0.3) is 0 Å². The second-order valence-electron chi connectivity index (χ2n) is 4.87. The highest BCUT2D eigenvalue weighted by Gasteiger charge is 2.26. The van der Waals surface area contributed by atoms with E-state index in [1.165, 1.54) is 0 Å². The number of nitrogens with one attached hydrogen (secondary N) is 1. The van der Waals surface area contributed by atoms with Gasteiger partial charge in [0.2, 0.25) is 5.91 Å². The van der Waals surface area contributed by atoms with Gasteiger partial charge in [-0.3, -0.25) is 4.79 Å². The fourth-order valence-corrected chi connectivity index (χ4v) is 3.52. The monoisotopic (exact) mass is 355 g/mol. The largest absolute Gasteiger partial charge is 0.389 e. The summed E-state index contributed by atoms with van der Waals surface area (Å²) >= 11 is 8.65. The number of anilines is 1. The molecule has 1 aliphatic rings. The Morgan fingerprint density at radius 1 is 1.45 bits per heavy atom. The van der Waals surface area contributed by atoms with Crippen LogP contribution in [0.4, 0.5) is 5.69 Å². The third-order valence-corrected chi connectivity index (χ3v) is 4.56. The van der Waals surface area contributed by atoms with Crippen LogP contribution in [0.25, 0.3) is 0 Å². The molecule has 1 heterocycles. The SMILES string of the molecule is CNC(=O)C1CCN(c2cccc(Br)c2C(N)=S)CC1. The Kier molecular flexibility index (Phi) is 4.99. The zero-order valence-electron chi connectivity index (χ0n) is 11.4. The summed E-state index contributed by atoms with van der Waals surface area (Å²) in [6, 6.07) is 5.95. The molecule has 0 spiro atoms. The minimum Gasteiger partial charge on any atom is -0.389 e. The van der Waals surface area contributed by atoms with Gasteiger partial charge in [-0.05, 0) is 40.9 Å². The van der Waals surface area contributed by atoms with Gasteiger partial charge in [0.1, 0.15) is 4.99 Å². The molecule has 1 fully saturated rings. The number of nitrogens with two attached hydrogens (primary N) is 1. The third-order valence-electron chi connectivity index (χ3n) is 3.69. The van der Waals surface area contributed by atoms with Gasteiger partial charge in [-0.25, -0.2) is 0 Å². The summed E-state index contributed by atoms with van der Waals surface area (Å²) in [6.07, 6.45) is 1.70. The van der Waals surface area contributed by atoms with E-state index in [9.17, 15) is 4.79 Å². The Bertz CT molecular complexity index is 527. The number of hydrogen-bond donors (Lipinski definition) is 2. The van der Waals surface area contributed by atoms with Gasteiger partial charge in [0.15, 0.2) is 0 Å². The van der Waals surface area contributed by atoms with E-state index in [-0.39, 0.29) is 11.8 Å². The van der Waals surface area contributed by atoms with Crippen molar-refractivity contribution in [1.82, 2.24) is 5.32 Å². The van der Waals surface area contributed by atoms with Crippen molar-refractivity contribution < 1.29 is 4.79 Å². The van der Waals surface area contributed by atoms with Crippen LogP contribution in [0.2, 0.25) is 0 Å². The number of benzene rings is 1. The van der Waals surface area contributed by atoms with Gasteiger partial charge in [-0.1, -0.05) is 18.3 Å². The summed E-state index contributed by atoms with van der Waals surface area (Å²) in [5, 5.41) is 2.72. The van der Waals surface area contributed by atoms with Crippen LogP contribution in [-0.4, -0.2) is 31.0 Å². The van der Waals surface area contributed by atoms with Crippen LogP contribution in [0.15, 0.2) is 22.7 Å². The molecular formula is C14H18BrN3OS. The first kappa shape index (κ1) is 15.3. The number of piperidine rings is 1. The number of rotatable bonds is 3. The number of carbonyl (C=O) groups excluding carboxylic acids is 1. The molecule has 0 radical (unpaired) electrons. The molecule has 2 rings (SSSR count). The molecule has 0 atom stereocenters. The molecule has 0 saturated carbocycles. The van der Waals surface area contributed by atoms with Crippen molar-refractivity contribution in [1.29, 1.82) is 0 Å². The average Bonchev–Trinajstić information content (AvgIpc) is 2.46. The van der Waals surface area contributed by atoms with Gasteiger partial charge in [-0.15, -0.1) is 0 Å². The van der Waals surface area contributed by atoms with Gasteiger partial charge in [0, 0.05) is 41.8 Å². The van der Waals surface area contributed by atoms with Crippen molar-refractivity contribution in [2.75, 3.05) is 25.0 Å². The predicted molar refractivity (Wildman–Crippen MR) is 89.0 cm³/mol. The molecule has 1 aromatic carbocycles. The molecule has 1 aromatic rings. The summed E-state index contributed by atoms with van der Waals surface area (Å²) in [4.78, 5) is 14.3. The molecule has 3 N–H and O–H groups in total. The van der Waals surface area contributed by atoms with Crippen molar-refractivity contribution >= 4 is 44.7 Å². The lowest BCUT2D eigenvalue weighted by Crippen LogP contribution is -2.40. The lowest BCUT2D eigenvalue weighted by molar-refractivity contribution is -0.125. The lowest BCUT2D eigenvalue weighted by Gasteiger charge is -2.34. The van der Waals surface area contributed by atoms with E-state index >= 15 is 0 Å². The number of amides is 1. The zero-order valence-corrected chi connectivity index (χ0v) is 13.8. The number of thiocarbonyl (C=S) groups is 1. The fraction of sp³-hybridized carbons (Fsp3) is 0.429. The smallest absolute Gasteiger partial charge is 0.222 e. The Balaban J connectivity index is 2.17. The second-order valence-corrected chi connectivity index (χ2v) is 6.17. The van der Waals surface area contributed by atoms with Crippen LogP contribution >= 0.6 is 28.1 Å². The summed E-state index contributed by atoms with van der Waals surface area (Å²) < 4.78 is 0.913. The van der Waals surface area contributed by atoms with Crippen molar-refractivity contribution in [2.45, 2.75) is 12.8 Å². The van der Waals surface area contributed by atoms with E-state index in [1.807, 2.05) is 18.2 Å². The minimum atomic E-state index is 0.108. The molecule has 20 heavy (non-hydrogen) atoms. The van der Waals surface area contributed by atoms with E-state index in [2.05, 4.69) is 26.1 Å². The summed E-state index contributed by atoms with van der Waals surface area (Å²) in [5.74, 6) is 0.241. The van der Waals surface area contributed by atoms with Gasteiger partial charge in [-0.2, -0.15) is 0 Å². The summed E-state index contributed by atoms with van der Waals surface area (Å²) in [7, 11) is 1.69. The topological polar surface area (TPSA) is 58.4 Å². The minimum absolute atomic E-state index is 0.108. The number of carbonyl (C=O) groups is 1. The van der Waals surface area contributed by atoms with Gasteiger partial charge in [0.05, 0.1) is 0 Å². The fourth-order valence-electron chi connectivity index (χ4n) is 2.61. The van der Waals surface area contributed by atoms with Crippen LogP contribution in [0, 0.1) is 5.92 Å². The van der Waals surface area contributed by atoms with Gasteiger partial charge >= 0.3 is 0 Å². The summed E-state index contributed by atoms with van der Waals surface area (Å²) in [5.41, 5.74) is 7.75. The molecule has 4 nitrogen and oxygen atoms in total. The highest BCUT2D eigenvalue weighted by molar-refractivity contribution is 9.10. The van der Waals surface area contributed by atoms with Crippen molar-refractivity contribution in [3.05, 3.63) is 28.2 Å².